The zero-order valence-corrected chi connectivity index (χ0v) is 24.9. The molecule has 2 unspecified atom stereocenters. The summed E-state index contributed by atoms with van der Waals surface area (Å²) in [6, 6.07) is 9.48. The van der Waals surface area contributed by atoms with Gasteiger partial charge in [0.2, 0.25) is 17.7 Å². The monoisotopic (exact) mass is 605 g/mol. The van der Waals surface area contributed by atoms with Gasteiger partial charge in [0.15, 0.2) is 0 Å². The first kappa shape index (κ1) is 33.6. The number of nitrogens with zero attached hydrogens (tertiary/aromatic N) is 1. The molecular formula is C30H43N3O8S. The molecule has 3 rings (SSSR count). The standard InChI is InChI=1S/C30H43N3O8S/c34-27(13-16-33-28(35)23-26(29(33)36)42-25-11-7-4-8-12-25)31-14-17-38-19-21-40-22-20-39-18-15-32-30(37)41-24-9-5-2-1-3-6-10-24/h1-2,4,7-8,11-12,24,26H,3,5-6,9-10,13-23H2,(H,31,34)(H,32,37)/b2-1+. The van der Waals surface area contributed by atoms with Crippen LogP contribution in [0.3, 0.4) is 0 Å². The largest absolute Gasteiger partial charge is 0.446 e. The third-order valence-corrected chi connectivity index (χ3v) is 7.80. The summed E-state index contributed by atoms with van der Waals surface area (Å²) in [5.41, 5.74) is 0. The third kappa shape index (κ3) is 13.4. The van der Waals surface area contributed by atoms with Crippen molar-refractivity contribution in [2.24, 2.45) is 0 Å². The highest BCUT2D eigenvalue weighted by molar-refractivity contribution is 8.00. The fourth-order valence-corrected chi connectivity index (χ4v) is 5.51. The van der Waals surface area contributed by atoms with Crippen molar-refractivity contribution in [3.05, 3.63) is 42.5 Å². The van der Waals surface area contributed by atoms with Gasteiger partial charge in [0.05, 0.1) is 44.9 Å². The van der Waals surface area contributed by atoms with Crippen molar-refractivity contribution in [2.75, 3.05) is 59.3 Å². The summed E-state index contributed by atoms with van der Waals surface area (Å²) in [7, 11) is 0. The van der Waals surface area contributed by atoms with Crippen LogP contribution >= 0.6 is 11.8 Å². The van der Waals surface area contributed by atoms with Crippen molar-refractivity contribution in [2.45, 2.75) is 61.2 Å². The Labute approximate surface area is 252 Å². The SMILES string of the molecule is O=C(CCN1C(=O)CC(Sc2ccccc2)C1=O)NCCOCCOCCOCCNC(=O)OC1CC/C=C/CCC1. The van der Waals surface area contributed by atoms with Crippen LogP contribution in [-0.4, -0.2) is 99.3 Å². The summed E-state index contributed by atoms with van der Waals surface area (Å²) >= 11 is 1.37. The molecule has 0 saturated carbocycles. The number of carbonyl (C=O) groups excluding carboxylic acids is 4. The van der Waals surface area contributed by atoms with Crippen LogP contribution in [0.1, 0.15) is 44.9 Å². The Morgan fingerprint density at radius 1 is 0.857 bits per heavy atom. The molecule has 232 valence electrons. The fourth-order valence-electron chi connectivity index (χ4n) is 4.41. The Bertz CT molecular complexity index is 1010. The fraction of sp³-hybridized carbons (Fsp3) is 0.600. The van der Waals surface area contributed by atoms with Crippen molar-refractivity contribution >= 4 is 35.6 Å². The van der Waals surface area contributed by atoms with E-state index in [9.17, 15) is 19.2 Å². The Morgan fingerprint density at radius 2 is 1.52 bits per heavy atom. The van der Waals surface area contributed by atoms with Gasteiger partial charge < -0.3 is 29.6 Å². The van der Waals surface area contributed by atoms with Crippen LogP contribution in [-0.2, 0) is 33.3 Å². The molecule has 0 radical (unpaired) electrons. The molecule has 1 aromatic rings. The van der Waals surface area contributed by atoms with Gasteiger partial charge in [-0.1, -0.05) is 30.4 Å². The highest BCUT2D eigenvalue weighted by Crippen LogP contribution is 2.31. The zero-order valence-electron chi connectivity index (χ0n) is 24.1. The second kappa shape index (κ2) is 20.1. The average Bonchev–Trinajstić information content (AvgIpc) is 3.23. The Hall–Kier alpha value is -2.93. The topological polar surface area (TPSA) is 132 Å². The normalized spacial score (nSPS) is 19.7. The molecule has 2 atom stereocenters. The van der Waals surface area contributed by atoms with Crippen LogP contribution in [0.4, 0.5) is 4.79 Å². The maximum atomic E-state index is 12.6. The van der Waals surface area contributed by atoms with Gasteiger partial charge in [-0.25, -0.2) is 4.79 Å². The molecular weight excluding hydrogens is 562 g/mol. The number of amides is 4. The van der Waals surface area contributed by atoms with E-state index >= 15 is 0 Å². The van der Waals surface area contributed by atoms with Crippen LogP contribution in [0.25, 0.3) is 0 Å². The van der Waals surface area contributed by atoms with Crippen molar-refractivity contribution < 1.29 is 38.1 Å². The molecule has 1 saturated heterocycles. The Morgan fingerprint density at radius 3 is 2.26 bits per heavy atom. The van der Waals surface area contributed by atoms with Gasteiger partial charge in [0.25, 0.3) is 0 Å². The number of benzene rings is 1. The lowest BCUT2D eigenvalue weighted by molar-refractivity contribution is -0.138. The van der Waals surface area contributed by atoms with E-state index in [1.165, 1.54) is 16.7 Å². The molecule has 1 fully saturated rings. The lowest BCUT2D eigenvalue weighted by atomic mass is 10.0. The summed E-state index contributed by atoms with van der Waals surface area (Å²) in [6.45, 7) is 3.02. The molecule has 1 aromatic carbocycles. The second-order valence-corrected chi connectivity index (χ2v) is 11.2. The predicted molar refractivity (Wildman–Crippen MR) is 158 cm³/mol. The molecule has 1 heterocycles. The molecule has 11 nitrogen and oxygen atoms in total. The minimum absolute atomic E-state index is 0.0280. The van der Waals surface area contributed by atoms with Crippen molar-refractivity contribution in [3.63, 3.8) is 0 Å². The second-order valence-electron chi connectivity index (χ2n) is 9.88. The minimum Gasteiger partial charge on any atom is -0.446 e. The van der Waals surface area contributed by atoms with Gasteiger partial charge >= 0.3 is 6.09 Å². The van der Waals surface area contributed by atoms with E-state index in [-0.39, 0.29) is 43.2 Å². The first-order valence-electron chi connectivity index (χ1n) is 14.7. The maximum absolute atomic E-state index is 12.6. The van der Waals surface area contributed by atoms with E-state index < -0.39 is 11.3 Å². The molecule has 0 bridgehead atoms. The van der Waals surface area contributed by atoms with E-state index in [0.29, 0.717) is 52.7 Å². The quantitative estimate of drug-likeness (QED) is 0.147. The van der Waals surface area contributed by atoms with Crippen molar-refractivity contribution in [3.8, 4) is 0 Å². The van der Waals surface area contributed by atoms with Crippen LogP contribution in [0.15, 0.2) is 47.4 Å². The number of allylic oxidation sites excluding steroid dienone is 2. The minimum atomic E-state index is -0.448. The highest BCUT2D eigenvalue weighted by atomic mass is 32.2. The summed E-state index contributed by atoms with van der Waals surface area (Å²) in [5, 5.41) is 5.00. The number of hydrogen-bond donors (Lipinski definition) is 2. The van der Waals surface area contributed by atoms with E-state index in [4.69, 9.17) is 18.9 Å². The summed E-state index contributed by atoms with van der Waals surface area (Å²) in [6.07, 6.45) is 8.85. The van der Waals surface area contributed by atoms with Crippen LogP contribution in [0.2, 0.25) is 0 Å². The summed E-state index contributed by atoms with van der Waals surface area (Å²) < 4.78 is 21.8. The molecule has 1 aliphatic heterocycles. The van der Waals surface area contributed by atoms with Gasteiger partial charge in [-0.2, -0.15) is 0 Å². The van der Waals surface area contributed by atoms with Gasteiger partial charge in [-0.15, -0.1) is 11.8 Å². The first-order chi connectivity index (χ1) is 20.5. The smallest absolute Gasteiger partial charge is 0.407 e. The Balaban J connectivity index is 1.09. The van der Waals surface area contributed by atoms with E-state index in [2.05, 4.69) is 22.8 Å². The zero-order chi connectivity index (χ0) is 29.8. The number of rotatable bonds is 18. The predicted octanol–water partition coefficient (Wildman–Crippen LogP) is 3.08. The van der Waals surface area contributed by atoms with Gasteiger partial charge in [0, 0.05) is 37.4 Å². The summed E-state index contributed by atoms with van der Waals surface area (Å²) in [4.78, 5) is 51.0. The maximum Gasteiger partial charge on any atom is 0.407 e. The number of thioether (sulfide) groups is 1. The lowest BCUT2D eigenvalue weighted by Gasteiger charge is -2.18. The van der Waals surface area contributed by atoms with Crippen LogP contribution in [0, 0.1) is 0 Å². The van der Waals surface area contributed by atoms with Gasteiger partial charge in [0.1, 0.15) is 6.10 Å². The number of nitrogens with one attached hydrogen (secondary N) is 2. The number of ether oxygens (including phenoxy) is 4. The number of carbonyl (C=O) groups is 4. The van der Waals surface area contributed by atoms with E-state index in [1.807, 2.05) is 30.3 Å². The highest BCUT2D eigenvalue weighted by Gasteiger charge is 2.39. The number of alkyl carbamates (subject to hydrolysis) is 1. The molecule has 12 heteroatoms. The molecule has 0 spiro atoms. The lowest BCUT2D eigenvalue weighted by Crippen LogP contribution is -2.36. The summed E-state index contributed by atoms with van der Waals surface area (Å²) in [5.74, 6) is -0.734. The van der Waals surface area contributed by atoms with Crippen molar-refractivity contribution in [1.29, 1.82) is 0 Å². The first-order valence-corrected chi connectivity index (χ1v) is 15.6. The third-order valence-electron chi connectivity index (χ3n) is 6.61. The molecule has 42 heavy (non-hydrogen) atoms. The Kier molecular flexibility index (Phi) is 16.0. The van der Waals surface area contributed by atoms with Gasteiger partial charge in [-0.05, 0) is 44.2 Å². The molecule has 1 aliphatic carbocycles. The van der Waals surface area contributed by atoms with E-state index in [0.717, 1.165) is 37.0 Å². The number of imide groups is 1. The van der Waals surface area contributed by atoms with Gasteiger partial charge in [-0.3, -0.25) is 19.3 Å². The van der Waals surface area contributed by atoms with Crippen LogP contribution in [0.5, 0.6) is 0 Å². The van der Waals surface area contributed by atoms with Crippen molar-refractivity contribution in [1.82, 2.24) is 15.5 Å². The van der Waals surface area contributed by atoms with Crippen LogP contribution < -0.4 is 10.6 Å². The molecule has 0 aromatic heterocycles. The number of hydrogen-bond acceptors (Lipinski definition) is 9. The van der Waals surface area contributed by atoms with E-state index in [1.54, 1.807) is 0 Å². The number of likely N-dealkylation sites (tertiary alicyclic amines) is 1. The molecule has 4 amide bonds. The molecule has 2 aliphatic rings. The molecule has 2 N–H and O–H groups in total. The average molecular weight is 606 g/mol.